The number of benzene rings is 2. The number of hydrogen-bond donors (Lipinski definition) is 2. The number of allylic oxidation sites excluding steroid dienone is 1. The van der Waals surface area contributed by atoms with Crippen molar-refractivity contribution in [1.82, 2.24) is 20.4 Å². The summed E-state index contributed by atoms with van der Waals surface area (Å²) in [4.78, 5) is 76.7. The van der Waals surface area contributed by atoms with Gasteiger partial charge in [-0.15, -0.1) is 0 Å². The van der Waals surface area contributed by atoms with Gasteiger partial charge in [-0.2, -0.15) is 0 Å². The van der Waals surface area contributed by atoms with Crippen molar-refractivity contribution in [3.63, 3.8) is 0 Å². The highest BCUT2D eigenvalue weighted by molar-refractivity contribution is 6.24. The highest BCUT2D eigenvalue weighted by Crippen LogP contribution is 2.36. The van der Waals surface area contributed by atoms with Gasteiger partial charge in [0.2, 0.25) is 11.8 Å². The van der Waals surface area contributed by atoms with Gasteiger partial charge in [0.1, 0.15) is 6.04 Å². The number of amides is 6. The Kier molecular flexibility index (Phi) is 8.06. The van der Waals surface area contributed by atoms with Gasteiger partial charge in [-0.3, -0.25) is 38.6 Å². The highest BCUT2D eigenvalue weighted by Gasteiger charge is 2.46. The van der Waals surface area contributed by atoms with Gasteiger partial charge in [0, 0.05) is 18.7 Å². The Bertz CT molecular complexity index is 1650. The van der Waals surface area contributed by atoms with Crippen LogP contribution in [-0.2, 0) is 20.4 Å². The van der Waals surface area contributed by atoms with Crippen molar-refractivity contribution in [2.24, 2.45) is 0 Å². The number of hydrogen-bond acceptors (Lipinski definition) is 6. The van der Waals surface area contributed by atoms with Crippen LogP contribution in [0.1, 0.15) is 120 Å². The molecule has 0 aromatic heterocycles. The maximum atomic E-state index is 12.9. The molecule has 4 heterocycles. The topological polar surface area (TPSA) is 133 Å². The van der Waals surface area contributed by atoms with Crippen LogP contribution in [0.25, 0.3) is 0 Å². The first-order valence-electron chi connectivity index (χ1n) is 15.3. The van der Waals surface area contributed by atoms with Crippen molar-refractivity contribution >= 4 is 35.4 Å². The third-order valence-corrected chi connectivity index (χ3v) is 8.78. The summed E-state index contributed by atoms with van der Waals surface area (Å²) in [5.74, 6) is -1.61. The largest absolute Gasteiger partial charge is 0.354 e. The number of rotatable bonds is 2. The van der Waals surface area contributed by atoms with Crippen LogP contribution in [0.2, 0.25) is 0 Å². The standard InChI is InChI=1S/C18H20N2O3.C17H20N2O3/c1-10-8-9-13(15(21)19-10)20-16(22)11-6-5-7-12(18(2,3)4)14(11)17(20)23;1-17(2,3)10-4-6-12-13(8-10)16(22)19(15(12)21)11-5-7-14(20)18-9-11/h5-7,13H,1,8-9H2,2-4H3,(H,19,21);4,6,8,11H,5,7,9H2,1-3H3,(H,18,20). The van der Waals surface area contributed by atoms with Gasteiger partial charge in [-0.1, -0.05) is 66.3 Å². The average molecular weight is 613 g/mol. The number of piperidine rings is 2. The number of nitrogens with zero attached hydrogens (tertiary/aromatic N) is 2. The number of carbonyl (C=O) groups is 6. The normalized spacial score (nSPS) is 21.7. The van der Waals surface area contributed by atoms with E-state index in [1.54, 1.807) is 18.2 Å². The zero-order valence-corrected chi connectivity index (χ0v) is 26.7. The molecule has 0 aliphatic carbocycles. The molecular weight excluding hydrogens is 572 g/mol. The summed E-state index contributed by atoms with van der Waals surface area (Å²) in [5.41, 5.74) is 3.91. The molecule has 4 aliphatic heterocycles. The molecule has 2 fully saturated rings. The molecule has 2 unspecified atom stereocenters. The lowest BCUT2D eigenvalue weighted by Gasteiger charge is -2.29. The van der Waals surface area contributed by atoms with Crippen molar-refractivity contribution in [2.45, 2.75) is 90.1 Å². The second-order valence-electron chi connectivity index (χ2n) is 14.1. The molecule has 10 nitrogen and oxygen atoms in total. The molecule has 6 rings (SSSR count). The number of nitrogens with one attached hydrogen (secondary N) is 2. The summed E-state index contributed by atoms with van der Waals surface area (Å²) < 4.78 is 0. The van der Waals surface area contributed by atoms with E-state index in [1.807, 2.05) is 39.0 Å². The van der Waals surface area contributed by atoms with Gasteiger partial charge < -0.3 is 10.6 Å². The van der Waals surface area contributed by atoms with E-state index in [-0.39, 0.29) is 52.3 Å². The fourth-order valence-electron chi connectivity index (χ4n) is 6.22. The monoisotopic (exact) mass is 612 g/mol. The van der Waals surface area contributed by atoms with Crippen molar-refractivity contribution < 1.29 is 28.8 Å². The third kappa shape index (κ3) is 5.81. The Balaban J connectivity index is 0.000000178. The van der Waals surface area contributed by atoms with E-state index in [2.05, 4.69) is 38.0 Å². The lowest BCUT2D eigenvalue weighted by atomic mass is 9.82. The average Bonchev–Trinajstić information content (AvgIpc) is 3.37. The number of carbonyl (C=O) groups excluding carboxylic acids is 6. The van der Waals surface area contributed by atoms with Crippen molar-refractivity contribution in [3.8, 4) is 0 Å². The van der Waals surface area contributed by atoms with Crippen LogP contribution in [0.5, 0.6) is 0 Å². The first-order chi connectivity index (χ1) is 21.0. The first-order valence-corrected chi connectivity index (χ1v) is 15.3. The fourth-order valence-corrected chi connectivity index (χ4v) is 6.22. The summed E-state index contributed by atoms with van der Waals surface area (Å²) in [6, 6.07) is 9.80. The van der Waals surface area contributed by atoms with Crippen molar-refractivity contribution in [1.29, 1.82) is 0 Å². The van der Waals surface area contributed by atoms with Crippen LogP contribution in [0.15, 0.2) is 48.7 Å². The van der Waals surface area contributed by atoms with Crippen LogP contribution in [-0.4, -0.2) is 63.9 Å². The number of imide groups is 2. The summed E-state index contributed by atoms with van der Waals surface area (Å²) in [7, 11) is 0. The van der Waals surface area contributed by atoms with E-state index >= 15 is 0 Å². The van der Waals surface area contributed by atoms with Crippen LogP contribution < -0.4 is 10.6 Å². The van der Waals surface area contributed by atoms with E-state index in [1.165, 1.54) is 4.90 Å². The lowest BCUT2D eigenvalue weighted by Crippen LogP contribution is -2.51. The first kappa shape index (κ1) is 31.8. The molecule has 0 spiro atoms. The van der Waals surface area contributed by atoms with E-state index in [4.69, 9.17) is 0 Å². The quantitative estimate of drug-likeness (QED) is 0.488. The zero-order valence-electron chi connectivity index (χ0n) is 26.7. The summed E-state index contributed by atoms with van der Waals surface area (Å²) >= 11 is 0. The molecule has 2 saturated heterocycles. The Labute approximate surface area is 263 Å². The van der Waals surface area contributed by atoms with Crippen molar-refractivity contribution in [3.05, 3.63) is 82.1 Å². The maximum Gasteiger partial charge on any atom is 0.262 e. The predicted molar refractivity (Wildman–Crippen MR) is 168 cm³/mol. The summed E-state index contributed by atoms with van der Waals surface area (Å²) in [6.07, 6.45) is 1.87. The van der Waals surface area contributed by atoms with Gasteiger partial charge in [-0.25, -0.2) is 0 Å². The molecule has 10 heteroatoms. The predicted octanol–water partition coefficient (Wildman–Crippen LogP) is 4.23. The molecule has 2 aromatic rings. The van der Waals surface area contributed by atoms with Crippen LogP contribution in [0, 0.1) is 0 Å². The third-order valence-electron chi connectivity index (χ3n) is 8.78. The van der Waals surface area contributed by atoms with Gasteiger partial charge in [-0.05, 0) is 59.4 Å². The van der Waals surface area contributed by atoms with E-state index in [9.17, 15) is 28.8 Å². The Hall–Kier alpha value is -4.60. The van der Waals surface area contributed by atoms with E-state index < -0.39 is 6.04 Å². The van der Waals surface area contributed by atoms with E-state index in [0.29, 0.717) is 60.2 Å². The van der Waals surface area contributed by atoms with Gasteiger partial charge in [0.15, 0.2) is 0 Å². The molecule has 4 aliphatic rings. The van der Waals surface area contributed by atoms with Gasteiger partial charge in [0.25, 0.3) is 23.6 Å². The molecule has 2 atom stereocenters. The van der Waals surface area contributed by atoms with E-state index in [0.717, 1.165) is 16.0 Å². The molecular formula is C35H40N4O6. The Morgan fingerprint density at radius 3 is 2.00 bits per heavy atom. The molecule has 0 radical (unpaired) electrons. The van der Waals surface area contributed by atoms with Crippen molar-refractivity contribution in [2.75, 3.05) is 6.54 Å². The molecule has 6 amide bonds. The zero-order chi connectivity index (χ0) is 33.0. The van der Waals surface area contributed by atoms with Crippen LogP contribution in [0.3, 0.4) is 0 Å². The molecule has 2 N–H and O–H groups in total. The molecule has 236 valence electrons. The molecule has 2 aromatic carbocycles. The van der Waals surface area contributed by atoms with Gasteiger partial charge in [0.05, 0.1) is 28.3 Å². The maximum absolute atomic E-state index is 12.9. The second-order valence-corrected chi connectivity index (χ2v) is 14.1. The molecule has 0 saturated carbocycles. The lowest BCUT2D eigenvalue weighted by molar-refractivity contribution is -0.125. The summed E-state index contributed by atoms with van der Waals surface area (Å²) in [5, 5.41) is 5.37. The highest BCUT2D eigenvalue weighted by atomic mass is 16.2. The minimum Gasteiger partial charge on any atom is -0.354 e. The Morgan fingerprint density at radius 2 is 1.40 bits per heavy atom. The van der Waals surface area contributed by atoms with Crippen LogP contribution in [0.4, 0.5) is 0 Å². The smallest absolute Gasteiger partial charge is 0.262 e. The van der Waals surface area contributed by atoms with Crippen LogP contribution >= 0.6 is 0 Å². The molecule has 45 heavy (non-hydrogen) atoms. The molecule has 0 bridgehead atoms. The second kappa shape index (κ2) is 11.4. The van der Waals surface area contributed by atoms with Gasteiger partial charge >= 0.3 is 0 Å². The number of fused-ring (bicyclic) bond motifs is 2. The fraction of sp³-hybridized carbons (Fsp3) is 0.429. The SMILES string of the molecule is C=C1CCC(N2C(=O)c3cccc(C(C)(C)C)c3C2=O)C(=O)N1.CC(C)(C)c1ccc2c(c1)C(=O)N(C1CCC(=O)NC1)C2=O. The summed E-state index contributed by atoms with van der Waals surface area (Å²) in [6.45, 7) is 16.3. The minimum atomic E-state index is -0.763. The minimum absolute atomic E-state index is 0.0251. The Morgan fingerprint density at radius 1 is 0.733 bits per heavy atom.